The van der Waals surface area contributed by atoms with Crippen LogP contribution in [0.5, 0.6) is 0 Å². The number of benzene rings is 1. The van der Waals surface area contributed by atoms with E-state index in [0.717, 1.165) is 5.33 Å². The van der Waals surface area contributed by atoms with Crippen molar-refractivity contribution in [2.45, 2.75) is 39.0 Å². The Kier molecular flexibility index (Phi) is 5.93. The summed E-state index contributed by atoms with van der Waals surface area (Å²) in [5.74, 6) is 0. The van der Waals surface area contributed by atoms with E-state index in [0.29, 0.717) is 0 Å². The molecule has 0 aromatic heterocycles. The molecule has 1 rings (SSSR count). The predicted octanol–water partition coefficient (Wildman–Crippen LogP) is 4.49. The minimum absolute atomic E-state index is 1.15. The smallest absolute Gasteiger partial charge is 0.00313 e. The number of hydrogen-bond acceptors (Lipinski definition) is 0. The molecular formula is C13H19Br. The van der Waals surface area contributed by atoms with Crippen LogP contribution in [0.15, 0.2) is 24.3 Å². The molecule has 0 amide bonds. The fourth-order valence-corrected chi connectivity index (χ4v) is 2.05. The van der Waals surface area contributed by atoms with Gasteiger partial charge in [0.2, 0.25) is 0 Å². The highest BCUT2D eigenvalue weighted by atomic mass is 79.9. The highest BCUT2D eigenvalue weighted by molar-refractivity contribution is 9.09. The third-order valence-corrected chi connectivity index (χ3v) is 3.15. The summed E-state index contributed by atoms with van der Waals surface area (Å²) < 4.78 is 0. The fraction of sp³-hybridized carbons (Fsp3) is 0.538. The molecule has 1 aromatic carbocycles. The molecule has 0 fully saturated rings. The molecule has 1 heteroatoms. The summed E-state index contributed by atoms with van der Waals surface area (Å²) >= 11 is 3.46. The van der Waals surface area contributed by atoms with Crippen molar-refractivity contribution >= 4 is 15.9 Å². The molecule has 1 aromatic rings. The zero-order valence-corrected chi connectivity index (χ0v) is 10.5. The van der Waals surface area contributed by atoms with Gasteiger partial charge in [-0.15, -0.1) is 0 Å². The Morgan fingerprint density at radius 1 is 1.00 bits per heavy atom. The average molecular weight is 255 g/mol. The summed E-state index contributed by atoms with van der Waals surface area (Å²) in [6, 6.07) is 8.71. The maximum Gasteiger partial charge on any atom is 0.00313 e. The van der Waals surface area contributed by atoms with Crippen LogP contribution in [0.25, 0.3) is 0 Å². The van der Waals surface area contributed by atoms with E-state index < -0.39 is 0 Å². The molecule has 0 atom stereocenters. The van der Waals surface area contributed by atoms with Crippen molar-refractivity contribution in [2.75, 3.05) is 5.33 Å². The van der Waals surface area contributed by atoms with E-state index in [1.807, 2.05) is 0 Å². The fourth-order valence-electron chi connectivity index (χ4n) is 1.65. The van der Waals surface area contributed by atoms with Crippen molar-refractivity contribution in [1.29, 1.82) is 0 Å². The van der Waals surface area contributed by atoms with E-state index in [1.54, 1.807) is 0 Å². The number of aryl methyl sites for hydroxylation is 2. The molecule has 0 unspecified atom stereocenters. The van der Waals surface area contributed by atoms with E-state index >= 15 is 0 Å². The van der Waals surface area contributed by atoms with Crippen molar-refractivity contribution in [1.82, 2.24) is 0 Å². The first-order valence-electron chi connectivity index (χ1n) is 5.45. The lowest BCUT2D eigenvalue weighted by molar-refractivity contribution is 0.670. The van der Waals surface area contributed by atoms with Gasteiger partial charge in [-0.25, -0.2) is 0 Å². The Morgan fingerprint density at radius 3 is 2.43 bits per heavy atom. The molecule has 0 saturated carbocycles. The second kappa shape index (κ2) is 7.05. The van der Waals surface area contributed by atoms with Crippen LogP contribution in [-0.4, -0.2) is 5.33 Å². The van der Waals surface area contributed by atoms with Crippen LogP contribution in [0, 0.1) is 6.92 Å². The van der Waals surface area contributed by atoms with Gasteiger partial charge in [-0.05, 0) is 37.3 Å². The van der Waals surface area contributed by atoms with Crippen LogP contribution >= 0.6 is 15.9 Å². The topological polar surface area (TPSA) is 0 Å². The summed E-state index contributed by atoms with van der Waals surface area (Å²) in [6.45, 7) is 2.20. The highest BCUT2D eigenvalue weighted by Crippen LogP contribution is 2.12. The molecule has 0 saturated heterocycles. The summed E-state index contributed by atoms with van der Waals surface area (Å²) in [4.78, 5) is 0. The average Bonchev–Trinajstić information content (AvgIpc) is 2.20. The molecule has 0 nitrogen and oxygen atoms in total. The molecule has 0 radical (unpaired) electrons. The molecule has 0 heterocycles. The normalized spacial score (nSPS) is 10.4. The van der Waals surface area contributed by atoms with Gasteiger partial charge >= 0.3 is 0 Å². The van der Waals surface area contributed by atoms with Gasteiger partial charge in [0.15, 0.2) is 0 Å². The van der Waals surface area contributed by atoms with Crippen molar-refractivity contribution < 1.29 is 0 Å². The minimum atomic E-state index is 1.15. The molecule has 0 N–H and O–H groups in total. The monoisotopic (exact) mass is 254 g/mol. The van der Waals surface area contributed by atoms with Crippen molar-refractivity contribution in [2.24, 2.45) is 0 Å². The zero-order valence-electron chi connectivity index (χ0n) is 8.93. The van der Waals surface area contributed by atoms with Gasteiger partial charge in [-0.1, -0.05) is 53.0 Å². The highest BCUT2D eigenvalue weighted by Gasteiger charge is 1.96. The van der Waals surface area contributed by atoms with Gasteiger partial charge in [0, 0.05) is 5.33 Å². The van der Waals surface area contributed by atoms with Crippen molar-refractivity contribution in [3.05, 3.63) is 35.4 Å². The van der Waals surface area contributed by atoms with Gasteiger partial charge in [-0.2, -0.15) is 0 Å². The van der Waals surface area contributed by atoms with Crippen LogP contribution in [0.2, 0.25) is 0 Å². The Morgan fingerprint density at radius 2 is 1.71 bits per heavy atom. The number of halogens is 1. The molecule has 0 aliphatic heterocycles. The third kappa shape index (κ3) is 4.28. The summed E-state index contributed by atoms with van der Waals surface area (Å²) in [5.41, 5.74) is 2.96. The van der Waals surface area contributed by atoms with Crippen LogP contribution in [0.1, 0.15) is 36.8 Å². The maximum atomic E-state index is 3.46. The molecular weight excluding hydrogens is 236 g/mol. The number of unbranched alkanes of at least 4 members (excludes halogenated alkanes) is 3. The molecule has 0 spiro atoms. The third-order valence-electron chi connectivity index (χ3n) is 2.59. The molecule has 0 aliphatic rings. The summed E-state index contributed by atoms with van der Waals surface area (Å²) in [5, 5.41) is 1.15. The summed E-state index contributed by atoms with van der Waals surface area (Å²) in [6.07, 6.45) is 6.61. The van der Waals surface area contributed by atoms with E-state index in [2.05, 4.69) is 47.1 Å². The van der Waals surface area contributed by atoms with Gasteiger partial charge in [0.1, 0.15) is 0 Å². The maximum absolute atomic E-state index is 3.46. The second-order valence-corrected chi connectivity index (χ2v) is 4.57. The van der Waals surface area contributed by atoms with Crippen LogP contribution < -0.4 is 0 Å². The quantitative estimate of drug-likeness (QED) is 0.519. The van der Waals surface area contributed by atoms with Gasteiger partial charge in [0.25, 0.3) is 0 Å². The number of alkyl halides is 1. The first kappa shape index (κ1) is 11.8. The largest absolute Gasteiger partial charge is 0.0928 e. The standard InChI is InChI=1S/C13H19Br/c1-12-8-5-6-10-13(12)9-4-2-3-7-11-14/h5-6,8,10H,2-4,7,9,11H2,1H3. The lowest BCUT2D eigenvalue weighted by Crippen LogP contribution is -1.89. The summed E-state index contributed by atoms with van der Waals surface area (Å²) in [7, 11) is 0. The molecule has 0 bridgehead atoms. The van der Waals surface area contributed by atoms with E-state index in [-0.39, 0.29) is 0 Å². The first-order chi connectivity index (χ1) is 6.84. The number of rotatable bonds is 6. The lowest BCUT2D eigenvalue weighted by atomic mass is 10.0. The van der Waals surface area contributed by atoms with Gasteiger partial charge in [0.05, 0.1) is 0 Å². The van der Waals surface area contributed by atoms with Crippen LogP contribution in [0.4, 0.5) is 0 Å². The molecule has 0 aliphatic carbocycles. The van der Waals surface area contributed by atoms with E-state index in [4.69, 9.17) is 0 Å². The predicted molar refractivity (Wildman–Crippen MR) is 67.1 cm³/mol. The zero-order chi connectivity index (χ0) is 10.2. The van der Waals surface area contributed by atoms with Gasteiger partial charge in [-0.3, -0.25) is 0 Å². The second-order valence-electron chi connectivity index (χ2n) is 3.78. The molecule has 78 valence electrons. The SMILES string of the molecule is Cc1ccccc1CCCCCCBr. The Labute approximate surface area is 95.9 Å². The Hall–Kier alpha value is -0.300. The van der Waals surface area contributed by atoms with Gasteiger partial charge < -0.3 is 0 Å². The Bertz CT molecular complexity index is 255. The van der Waals surface area contributed by atoms with E-state index in [9.17, 15) is 0 Å². The van der Waals surface area contributed by atoms with Crippen LogP contribution in [-0.2, 0) is 6.42 Å². The van der Waals surface area contributed by atoms with E-state index in [1.165, 1.54) is 43.2 Å². The first-order valence-corrected chi connectivity index (χ1v) is 6.57. The molecule has 14 heavy (non-hydrogen) atoms. The Balaban J connectivity index is 2.21. The van der Waals surface area contributed by atoms with Crippen LogP contribution in [0.3, 0.4) is 0 Å². The van der Waals surface area contributed by atoms with Crippen molar-refractivity contribution in [3.8, 4) is 0 Å². The lowest BCUT2D eigenvalue weighted by Gasteiger charge is -2.04. The van der Waals surface area contributed by atoms with Crippen molar-refractivity contribution in [3.63, 3.8) is 0 Å². The minimum Gasteiger partial charge on any atom is -0.0928 e. The number of hydrogen-bond donors (Lipinski definition) is 0.